The standard InChI is InChI=1S/C37H47N13O29P4/c38-16-1-4-47(35(58)42-16)31-22(54)26(78-81(63,64)70-8-12-20(52)21(53)30(73-12)49-6-3-18(51)44-37(49)60)14(75-31)10-72-83(67,68)79-27-15(76-32(23(27)55)48-5-2-17(39)43-36(48)59)9-71-82(65,66)77-25-13(7-69-80(61)62)74-33(24(25)56)50-11-41-19-28(50)45-34(40)46-29(19)57/h1-6,11-15,20-27,30-33,52-56H,7-10H2,(H11-,38,39,40,42,43,44,45,46,51,57,58,59,60,61,62,63,64,65,66,67,68)/p+1/t12-,13-,14-,15-,20-,21-,22-,23-,24-,25-,26-,27-,30-,31-,32-,33-/m1/s1. The predicted molar refractivity (Wildman–Crippen MR) is 263 cm³/mol. The van der Waals surface area contributed by atoms with E-state index < -0.39 is 190 Å². The minimum absolute atomic E-state index is 0.261. The van der Waals surface area contributed by atoms with Crippen LogP contribution < -0.4 is 45.4 Å². The van der Waals surface area contributed by atoms with Crippen molar-refractivity contribution in [1.29, 1.82) is 0 Å². The topological polar surface area (TPSA) is 618 Å². The number of H-pyrrole nitrogens is 2. The Morgan fingerprint density at radius 1 is 0.566 bits per heavy atom. The molecule has 9 heterocycles. The molecule has 4 aliphatic rings. The summed E-state index contributed by atoms with van der Waals surface area (Å²) in [6.07, 6.45) is -27.6. The number of nitrogens with two attached hydrogens (primary N) is 3. The van der Waals surface area contributed by atoms with Crippen LogP contribution in [0, 0.1) is 0 Å². The molecule has 17 N–H and O–H groups in total. The van der Waals surface area contributed by atoms with Gasteiger partial charge in [0, 0.05) is 29.2 Å². The van der Waals surface area contributed by atoms with Crippen LogP contribution in [0.3, 0.4) is 0 Å². The maximum absolute atomic E-state index is 13.9. The molecule has 4 aliphatic heterocycles. The highest BCUT2D eigenvalue weighted by Gasteiger charge is 2.55. The molecule has 20 atom stereocenters. The molecule has 42 nitrogen and oxygen atoms in total. The third kappa shape index (κ3) is 13.5. The minimum Gasteiger partial charge on any atom is -0.387 e. The number of phosphoric acid groups is 3. The second-order valence-electron chi connectivity index (χ2n) is 18.1. The van der Waals surface area contributed by atoms with Crippen LogP contribution in [-0.4, -0.2) is 193 Å². The van der Waals surface area contributed by atoms with E-state index in [0.29, 0.717) is 13.7 Å². The van der Waals surface area contributed by atoms with Crippen molar-refractivity contribution in [3.05, 3.63) is 95.3 Å². The highest BCUT2D eigenvalue weighted by Crippen LogP contribution is 2.54. The molecule has 0 radical (unpaired) electrons. The van der Waals surface area contributed by atoms with Gasteiger partial charge in [-0.1, -0.05) is 0 Å². The number of nitrogens with one attached hydrogen (secondary N) is 2. The Labute approximate surface area is 458 Å². The number of hydrogen-bond donors (Lipinski definition) is 14. The van der Waals surface area contributed by atoms with Crippen molar-refractivity contribution in [2.45, 2.75) is 98.2 Å². The molecule has 4 fully saturated rings. The van der Waals surface area contributed by atoms with Crippen molar-refractivity contribution in [2.24, 2.45) is 0 Å². The number of nitrogen functional groups attached to an aromatic ring is 3. The SMILES string of the molecule is Nc1ccn([C@@H]2O[C@H](COP(=O)(O)O[C@H]3[C@@H](O)[C@H](n4ccc(N)nc4=O)O[C@@H]3COP(=O)(O)O[C@H]3[C@@H](O)[C@H](n4cnc5c(=O)[nH]c(N)nc54)O[C@@H]3CO[P+](=O)O)[C@@H](OP(=O)(O)OC[C@H]3O[C@@H](n4ccc(=O)[nH]c4=O)[C@H](O)[C@@H]3O)[C@H]2O)c(=O)n1. The van der Waals surface area contributed by atoms with Crippen LogP contribution in [0.15, 0.2) is 67.1 Å². The van der Waals surface area contributed by atoms with Crippen LogP contribution in [0.5, 0.6) is 0 Å². The normalized spacial score (nSPS) is 32.4. The minimum atomic E-state index is -5.79. The van der Waals surface area contributed by atoms with Gasteiger partial charge in [-0.3, -0.25) is 65.0 Å². The highest BCUT2D eigenvalue weighted by molar-refractivity contribution is 7.48. The molecule has 0 aromatic carbocycles. The van der Waals surface area contributed by atoms with Crippen molar-refractivity contribution >= 4 is 60.5 Å². The summed E-state index contributed by atoms with van der Waals surface area (Å²) in [5.41, 5.74) is 11.3. The first kappa shape index (κ1) is 61.7. The van der Waals surface area contributed by atoms with Gasteiger partial charge in [-0.25, -0.2) is 33.1 Å². The monoisotopic (exact) mass is 1260 g/mol. The lowest BCUT2D eigenvalue weighted by molar-refractivity contribution is -0.0654. The zero-order valence-electron chi connectivity index (χ0n) is 41.4. The number of rotatable bonds is 22. The van der Waals surface area contributed by atoms with Crippen molar-refractivity contribution in [2.75, 3.05) is 43.6 Å². The lowest BCUT2D eigenvalue weighted by Crippen LogP contribution is -2.39. The number of hydrogen-bond acceptors (Lipinski definition) is 32. The van der Waals surface area contributed by atoms with Gasteiger partial charge in [0.25, 0.3) is 11.1 Å². The van der Waals surface area contributed by atoms with Gasteiger partial charge in [0.15, 0.2) is 36.1 Å². The summed E-state index contributed by atoms with van der Waals surface area (Å²) in [5.74, 6) is -1.01. The van der Waals surface area contributed by atoms with Gasteiger partial charge < -0.3 is 76.4 Å². The Balaban J connectivity index is 0.917. The maximum Gasteiger partial charge on any atom is 0.694 e. The van der Waals surface area contributed by atoms with Gasteiger partial charge in [0.1, 0.15) is 91.5 Å². The summed E-state index contributed by atoms with van der Waals surface area (Å²) in [4.78, 5) is 124. The molecule has 0 saturated carbocycles. The van der Waals surface area contributed by atoms with Crippen molar-refractivity contribution in [3.8, 4) is 0 Å². The maximum atomic E-state index is 13.9. The van der Waals surface area contributed by atoms with Gasteiger partial charge in [0.2, 0.25) is 5.95 Å². The summed E-state index contributed by atoms with van der Waals surface area (Å²) < 4.78 is 114. The quantitative estimate of drug-likeness (QED) is 0.0287. The van der Waals surface area contributed by atoms with E-state index in [2.05, 4.69) is 24.9 Å². The van der Waals surface area contributed by atoms with Gasteiger partial charge in [-0.2, -0.15) is 15.0 Å². The molecule has 9 rings (SSSR count). The van der Waals surface area contributed by atoms with E-state index >= 15 is 0 Å². The highest BCUT2D eigenvalue weighted by atomic mass is 31.2. The Morgan fingerprint density at radius 2 is 0.988 bits per heavy atom. The number of aromatic nitrogens is 10. The zero-order valence-corrected chi connectivity index (χ0v) is 45.0. The van der Waals surface area contributed by atoms with Crippen LogP contribution in [0.25, 0.3) is 11.2 Å². The number of aliphatic hydroxyl groups is 5. The van der Waals surface area contributed by atoms with Crippen LogP contribution in [0.4, 0.5) is 17.6 Å². The van der Waals surface area contributed by atoms with E-state index in [9.17, 15) is 87.3 Å². The van der Waals surface area contributed by atoms with Crippen LogP contribution in [-0.2, 0) is 68.9 Å². The number of fused-ring (bicyclic) bond motifs is 1. The smallest absolute Gasteiger partial charge is 0.387 e. The Kier molecular flexibility index (Phi) is 18.1. The number of phosphoric ester groups is 3. The molecule has 0 spiro atoms. The number of imidazole rings is 1. The molecular formula is C37H48N13O29P4+. The lowest BCUT2D eigenvalue weighted by Gasteiger charge is -2.26. The van der Waals surface area contributed by atoms with E-state index in [1.165, 1.54) is 0 Å². The Bertz CT molecular complexity index is 3700. The second kappa shape index (κ2) is 24.3. The fourth-order valence-electron chi connectivity index (χ4n) is 8.93. The largest absolute Gasteiger partial charge is 0.694 e. The van der Waals surface area contributed by atoms with Gasteiger partial charge in [-0.05, 0) is 12.1 Å². The summed E-state index contributed by atoms with van der Waals surface area (Å²) >= 11 is 0. The molecular weight excluding hydrogens is 1210 g/mol. The number of aliphatic hydroxyl groups excluding tert-OH is 5. The van der Waals surface area contributed by atoms with Gasteiger partial charge in [-0.15, -0.1) is 9.42 Å². The Hall–Kier alpha value is -5.82. The summed E-state index contributed by atoms with van der Waals surface area (Å²) in [7, 11) is -20.4. The van der Waals surface area contributed by atoms with E-state index in [4.69, 9.17) is 67.8 Å². The molecule has 4 saturated heterocycles. The lowest BCUT2D eigenvalue weighted by atomic mass is 10.1. The predicted octanol–water partition coefficient (Wildman–Crippen LogP) is -6.50. The number of ether oxygens (including phenoxy) is 4. The third-order valence-corrected chi connectivity index (χ3v) is 16.0. The second-order valence-corrected chi connectivity index (χ2v) is 23.1. The van der Waals surface area contributed by atoms with Crippen LogP contribution >= 0.6 is 31.7 Å². The van der Waals surface area contributed by atoms with E-state index in [0.717, 1.165) is 47.7 Å². The average Bonchev–Trinajstić information content (AvgIpc) is 3.91. The number of anilines is 3. The molecule has 46 heteroatoms. The summed E-state index contributed by atoms with van der Waals surface area (Å²) in [6, 6.07) is 3.03. The average molecular weight is 1260 g/mol. The molecule has 83 heavy (non-hydrogen) atoms. The third-order valence-electron chi connectivity index (χ3n) is 12.7. The first-order chi connectivity index (χ1) is 39.0. The van der Waals surface area contributed by atoms with Crippen molar-refractivity contribution in [1.82, 2.24) is 48.2 Å². The van der Waals surface area contributed by atoms with Gasteiger partial charge >= 0.3 is 48.8 Å². The first-order valence-corrected chi connectivity index (χ1v) is 29.1. The molecule has 5 aromatic rings. The first-order valence-electron chi connectivity index (χ1n) is 23.5. The van der Waals surface area contributed by atoms with Crippen molar-refractivity contribution < 1.29 is 114 Å². The number of aromatic amines is 2. The van der Waals surface area contributed by atoms with Crippen molar-refractivity contribution in [3.63, 3.8) is 0 Å². The fraction of sp³-hybridized carbons (Fsp3) is 0.541. The van der Waals surface area contributed by atoms with Crippen LogP contribution in [0.2, 0.25) is 0 Å². The Morgan fingerprint density at radius 3 is 1.45 bits per heavy atom. The molecule has 454 valence electrons. The fourth-order valence-corrected chi connectivity index (χ4v) is 12.1. The van der Waals surface area contributed by atoms with E-state index in [1.807, 2.05) is 4.98 Å². The molecule has 4 unspecified atom stereocenters. The summed E-state index contributed by atoms with van der Waals surface area (Å²) in [5, 5.41) is 55.7. The molecule has 0 bridgehead atoms. The molecule has 5 aromatic heterocycles. The van der Waals surface area contributed by atoms with Gasteiger partial charge in [0.05, 0.1) is 26.1 Å². The van der Waals surface area contributed by atoms with Crippen LogP contribution in [0.1, 0.15) is 24.9 Å². The molecule has 0 aliphatic carbocycles. The van der Waals surface area contributed by atoms with E-state index in [-0.39, 0.29) is 22.8 Å². The summed E-state index contributed by atoms with van der Waals surface area (Å²) in [6.45, 7) is -4.60. The zero-order chi connectivity index (χ0) is 60.2. The molecule has 0 amide bonds. The number of nitrogens with zero attached hydrogens (tertiary/aromatic N) is 8. The van der Waals surface area contributed by atoms with E-state index in [1.54, 1.807) is 0 Å².